The molecule has 0 saturated heterocycles. The maximum Gasteiger partial charge on any atom is 0.207 e. The van der Waals surface area contributed by atoms with Gasteiger partial charge in [0, 0.05) is 5.56 Å². The average molecular weight is 358 g/mol. The van der Waals surface area contributed by atoms with Crippen LogP contribution in [0.25, 0.3) is 0 Å². The van der Waals surface area contributed by atoms with Gasteiger partial charge in [-0.25, -0.2) is 0 Å². The normalized spacial score (nSPS) is 12.3. The number of hydrogen-bond donors (Lipinski definition) is 1. The molecule has 7 nitrogen and oxygen atoms in total. The van der Waals surface area contributed by atoms with Crippen molar-refractivity contribution in [3.05, 3.63) is 39.9 Å². The fourth-order valence-corrected chi connectivity index (χ4v) is 3.27. The van der Waals surface area contributed by atoms with Gasteiger partial charge in [-0.15, -0.1) is 0 Å². The van der Waals surface area contributed by atoms with Crippen molar-refractivity contribution >= 4 is 11.6 Å². The molecular formula is C19H18O7. The van der Waals surface area contributed by atoms with Crippen molar-refractivity contribution in [3.63, 3.8) is 0 Å². The van der Waals surface area contributed by atoms with Crippen LogP contribution in [0, 0.1) is 6.92 Å². The molecule has 1 aliphatic rings. The van der Waals surface area contributed by atoms with E-state index in [0.717, 1.165) is 5.56 Å². The Labute approximate surface area is 150 Å². The number of benzene rings is 2. The standard InChI is InChI=1S/C19H18O7/c1-8-6-9-11(10(7-8)23-2)15(21)13-12(14(9)20)18(25-4)19(26-5)16(22)17(13)24-3/h6-7,22H,1-5H3. The third-order valence-electron chi connectivity index (χ3n) is 4.35. The summed E-state index contributed by atoms with van der Waals surface area (Å²) in [4.78, 5) is 26.4. The summed E-state index contributed by atoms with van der Waals surface area (Å²) in [6.07, 6.45) is 0. The predicted molar refractivity (Wildman–Crippen MR) is 92.4 cm³/mol. The van der Waals surface area contributed by atoms with Crippen LogP contribution in [0.3, 0.4) is 0 Å². The van der Waals surface area contributed by atoms with Crippen LogP contribution in [0.15, 0.2) is 12.1 Å². The first-order chi connectivity index (χ1) is 12.4. The van der Waals surface area contributed by atoms with E-state index in [1.54, 1.807) is 19.1 Å². The van der Waals surface area contributed by atoms with Gasteiger partial charge in [0.2, 0.25) is 17.3 Å². The average Bonchev–Trinajstić information content (AvgIpc) is 2.63. The number of ether oxygens (including phenoxy) is 4. The minimum Gasteiger partial charge on any atom is -0.502 e. The van der Waals surface area contributed by atoms with Crippen LogP contribution >= 0.6 is 0 Å². The number of phenols is 1. The van der Waals surface area contributed by atoms with E-state index in [2.05, 4.69) is 0 Å². The summed E-state index contributed by atoms with van der Waals surface area (Å²) in [5.74, 6) is -1.33. The van der Waals surface area contributed by atoms with Crippen molar-refractivity contribution in [2.75, 3.05) is 28.4 Å². The molecule has 7 heteroatoms. The Hall–Kier alpha value is -3.22. The first-order valence-electron chi connectivity index (χ1n) is 7.74. The number of ketones is 2. The van der Waals surface area contributed by atoms with Crippen LogP contribution in [-0.4, -0.2) is 45.1 Å². The van der Waals surface area contributed by atoms with Crippen molar-refractivity contribution in [2.24, 2.45) is 0 Å². The maximum absolute atomic E-state index is 13.2. The topological polar surface area (TPSA) is 91.3 Å². The molecule has 26 heavy (non-hydrogen) atoms. The van der Waals surface area contributed by atoms with Gasteiger partial charge >= 0.3 is 0 Å². The zero-order chi connectivity index (χ0) is 19.2. The monoisotopic (exact) mass is 358 g/mol. The van der Waals surface area contributed by atoms with E-state index in [-0.39, 0.29) is 45.3 Å². The second-order valence-corrected chi connectivity index (χ2v) is 5.75. The lowest BCUT2D eigenvalue weighted by Gasteiger charge is -2.25. The predicted octanol–water partition coefficient (Wildman–Crippen LogP) is 2.51. The summed E-state index contributed by atoms with van der Waals surface area (Å²) in [7, 11) is 5.36. The minimum atomic E-state index is -0.500. The number of aromatic hydroxyl groups is 1. The number of phenolic OH excluding ortho intramolecular Hbond substituents is 1. The molecule has 2 aromatic carbocycles. The van der Waals surface area contributed by atoms with E-state index >= 15 is 0 Å². The molecule has 2 aromatic rings. The van der Waals surface area contributed by atoms with Crippen LogP contribution in [0.4, 0.5) is 0 Å². The van der Waals surface area contributed by atoms with Gasteiger partial charge in [-0.2, -0.15) is 0 Å². The molecule has 0 spiro atoms. The van der Waals surface area contributed by atoms with Crippen molar-refractivity contribution < 1.29 is 33.6 Å². The molecule has 1 aliphatic carbocycles. The van der Waals surface area contributed by atoms with Crippen molar-refractivity contribution in [3.8, 4) is 28.7 Å². The Morgan fingerprint density at radius 2 is 1.31 bits per heavy atom. The second kappa shape index (κ2) is 6.25. The SMILES string of the molecule is COc1cc(C)cc2c1C(=O)c1c(OC)c(O)c(OC)c(OC)c1C2=O. The number of aryl methyl sites for hydroxylation is 1. The number of methoxy groups -OCH3 is 4. The van der Waals surface area contributed by atoms with E-state index in [4.69, 9.17) is 18.9 Å². The lowest BCUT2D eigenvalue weighted by Crippen LogP contribution is -2.24. The van der Waals surface area contributed by atoms with E-state index in [0.29, 0.717) is 0 Å². The van der Waals surface area contributed by atoms with Crippen molar-refractivity contribution in [2.45, 2.75) is 6.92 Å². The van der Waals surface area contributed by atoms with Gasteiger partial charge in [-0.05, 0) is 24.6 Å². The second-order valence-electron chi connectivity index (χ2n) is 5.75. The van der Waals surface area contributed by atoms with Crippen molar-refractivity contribution in [1.82, 2.24) is 0 Å². The molecule has 0 atom stereocenters. The third-order valence-corrected chi connectivity index (χ3v) is 4.35. The Morgan fingerprint density at radius 3 is 1.85 bits per heavy atom. The van der Waals surface area contributed by atoms with Crippen LogP contribution in [0.5, 0.6) is 28.7 Å². The summed E-state index contributed by atoms with van der Waals surface area (Å²) in [6, 6.07) is 3.29. The molecule has 0 amide bonds. The van der Waals surface area contributed by atoms with E-state index < -0.39 is 17.3 Å². The van der Waals surface area contributed by atoms with E-state index in [1.807, 2.05) is 0 Å². The van der Waals surface area contributed by atoms with Gasteiger partial charge in [0.15, 0.2) is 17.3 Å². The molecule has 0 heterocycles. The fraction of sp³-hybridized carbons (Fsp3) is 0.263. The van der Waals surface area contributed by atoms with Crippen LogP contribution in [-0.2, 0) is 0 Å². The van der Waals surface area contributed by atoms with Crippen molar-refractivity contribution in [1.29, 1.82) is 0 Å². The Morgan fingerprint density at radius 1 is 0.731 bits per heavy atom. The highest BCUT2D eigenvalue weighted by Crippen LogP contribution is 2.52. The lowest BCUT2D eigenvalue weighted by molar-refractivity contribution is 0.0969. The molecule has 136 valence electrons. The molecule has 0 fully saturated rings. The number of carbonyl (C=O) groups is 2. The highest BCUT2D eigenvalue weighted by molar-refractivity contribution is 6.31. The first kappa shape index (κ1) is 17.6. The maximum atomic E-state index is 13.2. The van der Waals surface area contributed by atoms with Crippen LogP contribution in [0.1, 0.15) is 37.4 Å². The number of rotatable bonds is 4. The van der Waals surface area contributed by atoms with Gasteiger partial charge in [-0.3, -0.25) is 9.59 Å². The molecule has 0 saturated carbocycles. The summed E-state index contributed by atoms with van der Waals surface area (Å²) >= 11 is 0. The fourth-order valence-electron chi connectivity index (χ4n) is 3.27. The molecule has 1 N–H and O–H groups in total. The van der Waals surface area contributed by atoms with E-state index in [1.165, 1.54) is 28.4 Å². The molecule has 3 rings (SSSR count). The molecule has 0 radical (unpaired) electrons. The number of carbonyl (C=O) groups excluding carboxylic acids is 2. The smallest absolute Gasteiger partial charge is 0.207 e. The highest BCUT2D eigenvalue weighted by Gasteiger charge is 2.41. The van der Waals surface area contributed by atoms with Gasteiger partial charge in [-0.1, -0.05) is 0 Å². The number of hydrogen-bond acceptors (Lipinski definition) is 7. The largest absolute Gasteiger partial charge is 0.502 e. The van der Waals surface area contributed by atoms with Gasteiger partial charge in [0.05, 0.1) is 45.1 Å². The van der Waals surface area contributed by atoms with E-state index in [9.17, 15) is 14.7 Å². The van der Waals surface area contributed by atoms with Gasteiger partial charge < -0.3 is 24.1 Å². The highest BCUT2D eigenvalue weighted by atomic mass is 16.5. The lowest BCUT2D eigenvalue weighted by atomic mass is 9.81. The van der Waals surface area contributed by atoms with Crippen LogP contribution < -0.4 is 18.9 Å². The molecule has 0 aliphatic heterocycles. The molecule has 0 aromatic heterocycles. The third kappa shape index (κ3) is 2.20. The quantitative estimate of drug-likeness (QED) is 0.766. The Bertz CT molecular complexity index is 944. The molecule has 0 bridgehead atoms. The van der Waals surface area contributed by atoms with Gasteiger partial charge in [0.1, 0.15) is 5.75 Å². The minimum absolute atomic E-state index is 0.0100. The van der Waals surface area contributed by atoms with Crippen LogP contribution in [0.2, 0.25) is 0 Å². The number of fused-ring (bicyclic) bond motifs is 2. The summed E-state index contributed by atoms with van der Waals surface area (Å²) in [5.41, 5.74) is 1.00. The Balaban J connectivity index is 2.48. The summed E-state index contributed by atoms with van der Waals surface area (Å²) in [5, 5.41) is 10.5. The zero-order valence-corrected chi connectivity index (χ0v) is 15.1. The zero-order valence-electron chi connectivity index (χ0n) is 15.1. The summed E-state index contributed by atoms with van der Waals surface area (Å²) < 4.78 is 21.0. The molecular weight excluding hydrogens is 340 g/mol. The summed E-state index contributed by atoms with van der Waals surface area (Å²) in [6.45, 7) is 1.80. The Kier molecular flexibility index (Phi) is 4.23. The van der Waals surface area contributed by atoms with Gasteiger partial charge in [0.25, 0.3) is 0 Å². The molecule has 0 unspecified atom stereocenters. The first-order valence-corrected chi connectivity index (χ1v) is 7.74.